The molecular weight excluding hydrogens is 109 g/mol. The summed E-state index contributed by atoms with van der Waals surface area (Å²) in [6.07, 6.45) is 0. The van der Waals surface area contributed by atoms with Gasteiger partial charge in [0.05, 0.1) is 0 Å². The molecule has 0 aromatic heterocycles. The Kier molecular flexibility index (Phi) is 63300. The predicted octanol–water partition coefficient (Wildman–Crippen LogP) is -2.25. The van der Waals surface area contributed by atoms with Gasteiger partial charge in [-0.15, -0.1) is 12.4 Å². The van der Waals surface area contributed by atoms with E-state index in [0.29, 0.717) is 0 Å². The van der Waals surface area contributed by atoms with E-state index in [0.717, 1.165) is 0 Å². The summed E-state index contributed by atoms with van der Waals surface area (Å²) in [5.74, 6) is 11.5. The largest absolute Gasteiger partial charge is 0.412 e. The molecule has 0 rings (SSSR count). The van der Waals surface area contributed by atoms with Gasteiger partial charge in [0, 0.05) is 0 Å². The fourth-order valence-corrected chi connectivity index (χ4v) is 0. The molecule has 0 saturated carbocycles. The maximum atomic E-state index is 6.50. The first-order chi connectivity index (χ1) is 2.00. The standard InChI is InChI=1S/ClH.H4N2.H3NO.H2O/c;2*1-2;/h1H;1-2H2;2H,1H2;1H2. The molecular formula is H10ClN3O2. The average molecular weight is 120 g/mol. The summed E-state index contributed by atoms with van der Waals surface area (Å²) in [6.45, 7) is 0. The third kappa shape index (κ3) is 4820. The van der Waals surface area contributed by atoms with Gasteiger partial charge in [0.2, 0.25) is 0 Å². The molecule has 0 aromatic rings. The fraction of sp³-hybridized carbons (Fsp3) is 0. The monoisotopic (exact) mass is 119 g/mol. The molecule has 0 atom stereocenters. The molecule has 0 aliphatic carbocycles. The normalized spacial score (nSPS) is 2.00. The molecule has 44 valence electrons. The van der Waals surface area contributed by atoms with Crippen molar-refractivity contribution < 1.29 is 10.7 Å². The molecule has 0 heterocycles. The van der Waals surface area contributed by atoms with Gasteiger partial charge in [-0.3, -0.25) is 11.7 Å². The van der Waals surface area contributed by atoms with Crippen molar-refractivity contribution in [2.75, 3.05) is 0 Å². The maximum absolute atomic E-state index is 6.50. The highest BCUT2D eigenvalue weighted by Crippen LogP contribution is 0.690. The summed E-state index contributed by atoms with van der Waals surface area (Å²) in [5.41, 5.74) is 0. The van der Waals surface area contributed by atoms with Crippen LogP contribution in [-0.4, -0.2) is 10.7 Å². The number of hydrogen-bond donors (Lipinski definition) is 4. The van der Waals surface area contributed by atoms with E-state index in [1.54, 1.807) is 0 Å². The molecule has 0 aromatic carbocycles. The lowest BCUT2D eigenvalue weighted by atomic mass is 13.0. The van der Waals surface area contributed by atoms with Gasteiger partial charge in [0.1, 0.15) is 0 Å². The average Bonchev–Trinajstić information content (AvgIpc) is 1.50. The molecule has 0 unspecified atom stereocenters. The van der Waals surface area contributed by atoms with Crippen molar-refractivity contribution in [1.29, 1.82) is 0 Å². The summed E-state index contributed by atoms with van der Waals surface area (Å²) in [4.78, 5) is 0. The molecule has 6 heavy (non-hydrogen) atoms. The van der Waals surface area contributed by atoms with Gasteiger partial charge in [-0.05, 0) is 0 Å². The van der Waals surface area contributed by atoms with Crippen molar-refractivity contribution >= 4 is 12.4 Å². The number of hydrogen-bond acceptors (Lipinski definition) is 4. The molecule has 0 aliphatic heterocycles. The summed E-state index contributed by atoms with van der Waals surface area (Å²) in [6, 6.07) is 0. The maximum Gasteiger partial charge on any atom is -0.147 e. The van der Waals surface area contributed by atoms with Crippen LogP contribution in [0.1, 0.15) is 0 Å². The number of halogens is 1. The molecule has 0 saturated heterocycles. The second kappa shape index (κ2) is 10500. The molecule has 5 nitrogen and oxygen atoms in total. The van der Waals surface area contributed by atoms with E-state index < -0.39 is 0 Å². The second-order valence-corrected chi connectivity index (χ2v) is 0. The molecule has 6 heteroatoms. The van der Waals surface area contributed by atoms with Crippen LogP contribution in [0, 0.1) is 0 Å². The zero-order chi connectivity index (χ0) is 4.00. The summed E-state index contributed by atoms with van der Waals surface area (Å²) in [5, 5.41) is 6.50. The van der Waals surface area contributed by atoms with Crippen LogP contribution in [0.15, 0.2) is 0 Å². The van der Waals surface area contributed by atoms with Gasteiger partial charge in [0.15, 0.2) is 0 Å². The summed E-state index contributed by atoms with van der Waals surface area (Å²) < 4.78 is 0. The molecule has 0 fully saturated rings. The molecule has 9 N–H and O–H groups in total. The zero-order valence-electron chi connectivity index (χ0n) is 3.09. The number of nitrogens with two attached hydrogens (primary N) is 3. The van der Waals surface area contributed by atoms with Crippen LogP contribution in [0.5, 0.6) is 0 Å². The van der Waals surface area contributed by atoms with Crippen LogP contribution in [0.4, 0.5) is 0 Å². The van der Waals surface area contributed by atoms with E-state index in [4.69, 9.17) is 5.21 Å². The van der Waals surface area contributed by atoms with Crippen LogP contribution in [-0.2, 0) is 0 Å². The number of hydrazine groups is 1. The van der Waals surface area contributed by atoms with E-state index in [9.17, 15) is 0 Å². The van der Waals surface area contributed by atoms with Crippen LogP contribution < -0.4 is 17.6 Å². The van der Waals surface area contributed by atoms with E-state index in [2.05, 4.69) is 17.6 Å². The van der Waals surface area contributed by atoms with Crippen LogP contribution in [0.3, 0.4) is 0 Å². The lowest BCUT2D eigenvalue weighted by molar-refractivity contribution is 0.311. The van der Waals surface area contributed by atoms with Crippen molar-refractivity contribution in [3.05, 3.63) is 0 Å². The van der Waals surface area contributed by atoms with Gasteiger partial charge >= 0.3 is 0 Å². The Morgan fingerprint density at radius 3 is 1.00 bits per heavy atom. The summed E-state index contributed by atoms with van der Waals surface area (Å²) in [7, 11) is 0. The Morgan fingerprint density at radius 2 is 1.00 bits per heavy atom. The third-order valence-electron chi connectivity index (χ3n) is 0. The quantitative estimate of drug-likeness (QED) is 0.212. The van der Waals surface area contributed by atoms with Crippen LogP contribution >= 0.6 is 12.4 Å². The fourth-order valence-electron chi connectivity index (χ4n) is 0. The van der Waals surface area contributed by atoms with E-state index in [1.165, 1.54) is 0 Å². The molecule has 0 bridgehead atoms. The third-order valence-corrected chi connectivity index (χ3v) is 0. The molecule has 0 aliphatic rings. The van der Waals surface area contributed by atoms with E-state index in [1.807, 2.05) is 0 Å². The Morgan fingerprint density at radius 1 is 1.00 bits per heavy atom. The lowest BCUT2D eigenvalue weighted by Gasteiger charge is -1.27. The topological polar surface area (TPSA) is 130 Å². The first kappa shape index (κ1) is 36.1. The van der Waals surface area contributed by atoms with Gasteiger partial charge in [0.25, 0.3) is 0 Å². The first-order valence-corrected chi connectivity index (χ1v) is 0.592. The Hall–Kier alpha value is 0.0900. The van der Waals surface area contributed by atoms with E-state index >= 15 is 0 Å². The minimum absolute atomic E-state index is 0. The second-order valence-electron chi connectivity index (χ2n) is 0. The first-order valence-electron chi connectivity index (χ1n) is 0.592. The summed E-state index contributed by atoms with van der Waals surface area (Å²) >= 11 is 0. The lowest BCUT2D eigenvalue weighted by Crippen LogP contribution is -2.02. The minimum atomic E-state index is 0. The Labute approximate surface area is 41.8 Å². The SMILES string of the molecule is Cl.NN.NO.O. The van der Waals surface area contributed by atoms with Crippen LogP contribution in [0.2, 0.25) is 0 Å². The van der Waals surface area contributed by atoms with Gasteiger partial charge in [-0.1, -0.05) is 0 Å². The van der Waals surface area contributed by atoms with Crippen molar-refractivity contribution in [1.82, 2.24) is 0 Å². The highest BCUT2D eigenvalue weighted by molar-refractivity contribution is 5.85. The zero-order valence-corrected chi connectivity index (χ0v) is 3.90. The van der Waals surface area contributed by atoms with Gasteiger partial charge < -0.3 is 10.7 Å². The molecule has 0 spiro atoms. The van der Waals surface area contributed by atoms with Crippen molar-refractivity contribution in [3.63, 3.8) is 0 Å². The van der Waals surface area contributed by atoms with Crippen LogP contribution in [0.25, 0.3) is 0 Å². The van der Waals surface area contributed by atoms with Crippen molar-refractivity contribution in [3.8, 4) is 0 Å². The molecule has 0 amide bonds. The highest BCUT2D eigenvalue weighted by atomic mass is 35.5. The van der Waals surface area contributed by atoms with Gasteiger partial charge in [-0.25, -0.2) is 5.90 Å². The molecule has 0 radical (unpaired) electrons. The smallest absolute Gasteiger partial charge is 0.147 e. The predicted molar refractivity (Wildman–Crippen MR) is 25.2 cm³/mol. The highest BCUT2D eigenvalue weighted by Gasteiger charge is 0.733. The van der Waals surface area contributed by atoms with Gasteiger partial charge in [-0.2, -0.15) is 0 Å². The van der Waals surface area contributed by atoms with Crippen molar-refractivity contribution in [2.24, 2.45) is 17.6 Å². The minimum Gasteiger partial charge on any atom is -0.412 e. The number of rotatable bonds is 0. The Bertz CT molecular complexity index is 8.75. The van der Waals surface area contributed by atoms with E-state index in [-0.39, 0.29) is 17.9 Å². The van der Waals surface area contributed by atoms with Crippen molar-refractivity contribution in [2.45, 2.75) is 0 Å². The Balaban J connectivity index is -0.00000000500.